The summed E-state index contributed by atoms with van der Waals surface area (Å²) < 4.78 is 2.44. The minimum atomic E-state index is 0.684. The highest BCUT2D eigenvalue weighted by atomic mass is 35.5. The van der Waals surface area contributed by atoms with Crippen LogP contribution in [0.5, 0.6) is 0 Å². The van der Waals surface area contributed by atoms with Crippen LogP contribution in [0.3, 0.4) is 0 Å². The summed E-state index contributed by atoms with van der Waals surface area (Å²) in [6.07, 6.45) is 4.84. The topological polar surface area (TPSA) is 17.8 Å². The molecule has 0 unspecified atom stereocenters. The minimum Gasteiger partial charge on any atom is -0.340 e. The van der Waals surface area contributed by atoms with Gasteiger partial charge in [0.05, 0.1) is 5.52 Å². The van der Waals surface area contributed by atoms with Crippen molar-refractivity contribution in [1.82, 2.24) is 9.55 Å². The first-order chi connectivity index (χ1) is 11.2. The van der Waals surface area contributed by atoms with E-state index in [1.54, 1.807) is 0 Å². The van der Waals surface area contributed by atoms with E-state index in [0.29, 0.717) is 5.88 Å². The number of nitrogens with zero attached hydrogens (tertiary/aromatic N) is 2. The number of pyridine rings is 1. The van der Waals surface area contributed by atoms with Gasteiger partial charge in [-0.1, -0.05) is 18.2 Å². The standard InChI is InChI=1S/C20H19ClN2/c1-13-17-12-22-10-8-15(17)14(2)20-19(13)16-6-3-4-7-18(16)23(20)11-5-9-21/h3-4,6-8,10,12H,5,9,11H2,1-2H3. The molecule has 0 saturated carbocycles. The van der Waals surface area contributed by atoms with Gasteiger partial charge in [0, 0.05) is 46.5 Å². The van der Waals surface area contributed by atoms with Crippen LogP contribution in [-0.4, -0.2) is 15.4 Å². The number of halogens is 1. The molecule has 116 valence electrons. The SMILES string of the molecule is Cc1c2cnccc2c(C)c2c1c1ccccc1n2CCCCl. The first-order valence-corrected chi connectivity index (χ1v) is 8.57. The summed E-state index contributed by atoms with van der Waals surface area (Å²) in [5, 5.41) is 5.22. The van der Waals surface area contributed by atoms with Gasteiger partial charge in [0.25, 0.3) is 0 Å². The van der Waals surface area contributed by atoms with Crippen LogP contribution >= 0.6 is 11.6 Å². The van der Waals surface area contributed by atoms with Crippen LogP contribution in [0.1, 0.15) is 17.5 Å². The quantitative estimate of drug-likeness (QED) is 0.450. The lowest BCUT2D eigenvalue weighted by molar-refractivity contribution is 0.727. The second kappa shape index (κ2) is 5.54. The van der Waals surface area contributed by atoms with Gasteiger partial charge in [-0.3, -0.25) is 4.98 Å². The Morgan fingerprint density at radius 3 is 2.65 bits per heavy atom. The van der Waals surface area contributed by atoms with Crippen molar-refractivity contribution in [3.63, 3.8) is 0 Å². The Morgan fingerprint density at radius 1 is 1.00 bits per heavy atom. The Labute approximate surface area is 140 Å². The molecular weight excluding hydrogens is 304 g/mol. The maximum atomic E-state index is 5.97. The van der Waals surface area contributed by atoms with Crippen molar-refractivity contribution >= 4 is 44.2 Å². The molecular formula is C20H19ClN2. The van der Waals surface area contributed by atoms with Crippen LogP contribution < -0.4 is 0 Å². The molecule has 2 heterocycles. The fourth-order valence-corrected chi connectivity index (χ4v) is 3.93. The molecule has 0 atom stereocenters. The van der Waals surface area contributed by atoms with Crippen molar-refractivity contribution < 1.29 is 0 Å². The highest BCUT2D eigenvalue weighted by Gasteiger charge is 2.17. The van der Waals surface area contributed by atoms with Gasteiger partial charge in [-0.25, -0.2) is 0 Å². The summed E-state index contributed by atoms with van der Waals surface area (Å²) >= 11 is 5.97. The van der Waals surface area contributed by atoms with Crippen molar-refractivity contribution in [2.24, 2.45) is 0 Å². The van der Waals surface area contributed by atoms with E-state index in [-0.39, 0.29) is 0 Å². The summed E-state index contributed by atoms with van der Waals surface area (Å²) in [6.45, 7) is 5.38. The summed E-state index contributed by atoms with van der Waals surface area (Å²) in [5.41, 5.74) is 5.28. The molecule has 0 aliphatic carbocycles. The molecule has 2 aromatic heterocycles. The maximum absolute atomic E-state index is 5.97. The van der Waals surface area contributed by atoms with E-state index >= 15 is 0 Å². The zero-order valence-electron chi connectivity index (χ0n) is 13.4. The molecule has 2 nitrogen and oxygen atoms in total. The van der Waals surface area contributed by atoms with E-state index < -0.39 is 0 Å². The monoisotopic (exact) mass is 322 g/mol. The summed E-state index contributed by atoms with van der Waals surface area (Å²) in [5.74, 6) is 0.684. The van der Waals surface area contributed by atoms with Crippen LogP contribution in [0.2, 0.25) is 0 Å². The third kappa shape index (κ3) is 2.05. The average molecular weight is 323 g/mol. The van der Waals surface area contributed by atoms with E-state index in [1.165, 1.54) is 43.7 Å². The molecule has 0 aliphatic rings. The van der Waals surface area contributed by atoms with E-state index in [9.17, 15) is 0 Å². The highest BCUT2D eigenvalue weighted by Crippen LogP contribution is 2.38. The Hall–Kier alpha value is -2.06. The van der Waals surface area contributed by atoms with Crippen LogP contribution in [0.4, 0.5) is 0 Å². The zero-order valence-corrected chi connectivity index (χ0v) is 14.2. The van der Waals surface area contributed by atoms with Gasteiger partial charge in [-0.2, -0.15) is 0 Å². The number of aryl methyl sites for hydroxylation is 3. The van der Waals surface area contributed by atoms with Gasteiger partial charge in [0.15, 0.2) is 0 Å². The summed E-state index contributed by atoms with van der Waals surface area (Å²) in [6, 6.07) is 10.8. The first kappa shape index (κ1) is 14.5. The number of para-hydroxylation sites is 1. The normalized spacial score (nSPS) is 11.8. The smallest absolute Gasteiger partial charge is 0.0530 e. The van der Waals surface area contributed by atoms with Gasteiger partial charge in [-0.05, 0) is 48.9 Å². The fraction of sp³-hybridized carbons (Fsp3) is 0.250. The average Bonchev–Trinajstić information content (AvgIpc) is 2.93. The van der Waals surface area contributed by atoms with Crippen LogP contribution in [0.25, 0.3) is 32.6 Å². The molecule has 0 N–H and O–H groups in total. The van der Waals surface area contributed by atoms with Crippen molar-refractivity contribution in [3.8, 4) is 0 Å². The molecule has 0 saturated heterocycles. The molecule has 0 aliphatic heterocycles. The molecule has 0 spiro atoms. The zero-order chi connectivity index (χ0) is 16.0. The second-order valence-corrected chi connectivity index (χ2v) is 6.48. The van der Waals surface area contributed by atoms with Crippen LogP contribution in [-0.2, 0) is 6.54 Å². The lowest BCUT2D eigenvalue weighted by atomic mass is 9.97. The number of benzene rings is 2. The Kier molecular flexibility index (Phi) is 3.50. The Balaban J connectivity index is 2.25. The van der Waals surface area contributed by atoms with Crippen molar-refractivity contribution in [1.29, 1.82) is 0 Å². The molecule has 0 amide bonds. The molecule has 0 fully saturated rings. The fourth-order valence-electron chi connectivity index (χ4n) is 3.81. The van der Waals surface area contributed by atoms with Gasteiger partial charge in [0.2, 0.25) is 0 Å². The number of fused-ring (bicyclic) bond motifs is 4. The Bertz CT molecular complexity index is 1030. The van der Waals surface area contributed by atoms with Crippen molar-refractivity contribution in [2.45, 2.75) is 26.8 Å². The minimum absolute atomic E-state index is 0.684. The van der Waals surface area contributed by atoms with E-state index in [2.05, 4.69) is 53.7 Å². The second-order valence-electron chi connectivity index (χ2n) is 6.11. The third-order valence-electron chi connectivity index (χ3n) is 4.85. The molecule has 4 aromatic rings. The number of aromatic nitrogens is 2. The maximum Gasteiger partial charge on any atom is 0.0530 e. The first-order valence-electron chi connectivity index (χ1n) is 8.04. The predicted molar refractivity (Wildman–Crippen MR) is 99.6 cm³/mol. The molecule has 23 heavy (non-hydrogen) atoms. The molecule has 4 rings (SSSR count). The molecule has 0 bridgehead atoms. The molecule has 3 heteroatoms. The predicted octanol–water partition coefficient (Wildman–Crippen LogP) is 5.59. The third-order valence-corrected chi connectivity index (χ3v) is 5.11. The Morgan fingerprint density at radius 2 is 1.83 bits per heavy atom. The number of hydrogen-bond acceptors (Lipinski definition) is 1. The molecule has 2 aromatic carbocycles. The summed E-state index contributed by atoms with van der Waals surface area (Å²) in [7, 11) is 0. The lowest BCUT2D eigenvalue weighted by Crippen LogP contribution is -2.00. The van der Waals surface area contributed by atoms with E-state index in [1.807, 2.05) is 12.4 Å². The van der Waals surface area contributed by atoms with Gasteiger partial charge < -0.3 is 4.57 Å². The van der Waals surface area contributed by atoms with Gasteiger partial charge in [0.1, 0.15) is 0 Å². The summed E-state index contributed by atoms with van der Waals surface area (Å²) in [4.78, 5) is 4.33. The molecule has 0 radical (unpaired) electrons. The van der Waals surface area contributed by atoms with Gasteiger partial charge >= 0.3 is 0 Å². The highest BCUT2D eigenvalue weighted by molar-refractivity contribution is 6.18. The van der Waals surface area contributed by atoms with Crippen LogP contribution in [0, 0.1) is 13.8 Å². The van der Waals surface area contributed by atoms with Crippen LogP contribution in [0.15, 0.2) is 42.7 Å². The van der Waals surface area contributed by atoms with E-state index in [0.717, 1.165) is 13.0 Å². The number of rotatable bonds is 3. The lowest BCUT2D eigenvalue weighted by Gasteiger charge is -2.12. The van der Waals surface area contributed by atoms with Crippen molar-refractivity contribution in [3.05, 3.63) is 53.9 Å². The van der Waals surface area contributed by atoms with Crippen molar-refractivity contribution in [2.75, 3.05) is 5.88 Å². The number of alkyl halides is 1. The van der Waals surface area contributed by atoms with Gasteiger partial charge in [-0.15, -0.1) is 11.6 Å². The van der Waals surface area contributed by atoms with E-state index in [4.69, 9.17) is 11.6 Å². The number of hydrogen-bond donors (Lipinski definition) is 0. The largest absolute Gasteiger partial charge is 0.340 e.